The Morgan fingerprint density at radius 3 is 2.62 bits per heavy atom. The van der Waals surface area contributed by atoms with E-state index < -0.39 is 5.97 Å². The molecule has 3 rings (SSSR count). The highest BCUT2D eigenvalue weighted by Gasteiger charge is 2.21. The molecule has 0 saturated heterocycles. The molecule has 0 atom stereocenters. The molecule has 0 aliphatic rings. The third-order valence-corrected chi connectivity index (χ3v) is 4.91. The Morgan fingerprint density at radius 1 is 1.19 bits per heavy atom. The fraction of sp³-hybridized carbons (Fsp3) is 0.211. The third-order valence-electron chi connectivity index (χ3n) is 4.05. The Labute approximate surface area is 155 Å². The zero-order chi connectivity index (χ0) is 18.7. The first-order valence-corrected chi connectivity index (χ1v) is 8.86. The second-order valence-electron chi connectivity index (χ2n) is 5.74. The van der Waals surface area contributed by atoms with Crippen LogP contribution < -0.4 is 4.90 Å². The van der Waals surface area contributed by atoms with Crippen LogP contribution in [0.4, 0.5) is 5.69 Å². The van der Waals surface area contributed by atoms with Crippen molar-refractivity contribution in [3.05, 3.63) is 69.2 Å². The van der Waals surface area contributed by atoms with E-state index in [4.69, 9.17) is 9.26 Å². The molecular formula is C19H18N2O4S. The van der Waals surface area contributed by atoms with Crippen molar-refractivity contribution in [1.29, 1.82) is 0 Å². The van der Waals surface area contributed by atoms with E-state index >= 15 is 0 Å². The molecule has 7 heteroatoms. The van der Waals surface area contributed by atoms with Crippen molar-refractivity contribution < 1.29 is 18.8 Å². The van der Waals surface area contributed by atoms with Crippen LogP contribution in [0.2, 0.25) is 0 Å². The van der Waals surface area contributed by atoms with Crippen LogP contribution in [0.5, 0.6) is 0 Å². The molecular weight excluding hydrogens is 352 g/mol. The summed E-state index contributed by atoms with van der Waals surface area (Å²) in [5, 5.41) is 5.68. The molecule has 1 amide bonds. The highest BCUT2D eigenvalue weighted by molar-refractivity contribution is 7.12. The monoisotopic (exact) mass is 370 g/mol. The summed E-state index contributed by atoms with van der Waals surface area (Å²) in [6.45, 7) is 3.63. The van der Waals surface area contributed by atoms with E-state index in [1.807, 2.05) is 11.4 Å². The van der Waals surface area contributed by atoms with Gasteiger partial charge in [0, 0.05) is 7.05 Å². The summed E-state index contributed by atoms with van der Waals surface area (Å²) in [5.41, 5.74) is 2.26. The number of hydrogen-bond donors (Lipinski definition) is 0. The van der Waals surface area contributed by atoms with E-state index in [1.165, 1.54) is 16.2 Å². The number of nitrogens with zero attached hydrogens (tertiary/aromatic N) is 2. The Bertz CT molecular complexity index is 911. The second-order valence-corrected chi connectivity index (χ2v) is 6.69. The highest BCUT2D eigenvalue weighted by atomic mass is 32.1. The fourth-order valence-corrected chi connectivity index (χ4v) is 3.24. The number of carbonyl (C=O) groups excluding carboxylic acids is 2. The van der Waals surface area contributed by atoms with Gasteiger partial charge in [-0.05, 0) is 37.4 Å². The lowest BCUT2D eigenvalue weighted by Gasteiger charge is -2.19. The number of ether oxygens (including phenoxy) is 1. The number of rotatable bonds is 5. The Hall–Kier alpha value is -2.93. The summed E-state index contributed by atoms with van der Waals surface area (Å²) in [5.74, 6) is -0.0639. The quantitative estimate of drug-likeness (QED) is 0.635. The number of amides is 1. The molecule has 0 unspecified atom stereocenters. The number of benzene rings is 1. The maximum absolute atomic E-state index is 12.6. The number of hydrogen-bond acceptors (Lipinski definition) is 6. The van der Waals surface area contributed by atoms with Gasteiger partial charge in [0.15, 0.2) is 0 Å². The predicted molar refractivity (Wildman–Crippen MR) is 98.6 cm³/mol. The van der Waals surface area contributed by atoms with Crippen molar-refractivity contribution in [2.75, 3.05) is 11.9 Å². The SMILES string of the molecule is Cc1noc(C)c1COC(=O)c1ccccc1N(C)C(=O)c1cccs1. The summed E-state index contributed by atoms with van der Waals surface area (Å²) < 4.78 is 10.5. The van der Waals surface area contributed by atoms with Crippen molar-refractivity contribution in [2.24, 2.45) is 0 Å². The molecule has 0 saturated carbocycles. The number of aromatic nitrogens is 1. The van der Waals surface area contributed by atoms with Crippen molar-refractivity contribution in [3.8, 4) is 0 Å². The lowest BCUT2D eigenvalue weighted by Crippen LogP contribution is -2.27. The van der Waals surface area contributed by atoms with E-state index in [1.54, 1.807) is 51.2 Å². The van der Waals surface area contributed by atoms with Gasteiger partial charge in [-0.25, -0.2) is 4.79 Å². The van der Waals surface area contributed by atoms with E-state index in [-0.39, 0.29) is 12.5 Å². The molecule has 2 heterocycles. The maximum Gasteiger partial charge on any atom is 0.340 e. The minimum absolute atomic E-state index is 0.0664. The lowest BCUT2D eigenvalue weighted by atomic mass is 10.1. The number of thiophene rings is 1. The Balaban J connectivity index is 1.80. The average molecular weight is 370 g/mol. The highest BCUT2D eigenvalue weighted by Crippen LogP contribution is 2.24. The largest absolute Gasteiger partial charge is 0.457 e. The maximum atomic E-state index is 12.6. The Morgan fingerprint density at radius 2 is 1.96 bits per heavy atom. The summed E-state index contributed by atoms with van der Waals surface area (Å²) in [7, 11) is 1.64. The van der Waals surface area contributed by atoms with Gasteiger partial charge < -0.3 is 14.2 Å². The Kier molecular flexibility index (Phi) is 5.18. The number of aryl methyl sites for hydroxylation is 2. The normalized spacial score (nSPS) is 10.6. The van der Waals surface area contributed by atoms with Crippen LogP contribution in [0, 0.1) is 13.8 Å². The summed E-state index contributed by atoms with van der Waals surface area (Å²) in [6.07, 6.45) is 0. The van der Waals surface area contributed by atoms with E-state index in [0.29, 0.717) is 27.6 Å². The number of anilines is 1. The zero-order valence-corrected chi connectivity index (χ0v) is 15.5. The lowest BCUT2D eigenvalue weighted by molar-refractivity contribution is 0.0472. The smallest absolute Gasteiger partial charge is 0.340 e. The predicted octanol–water partition coefficient (Wildman–Crippen LogP) is 3.99. The minimum atomic E-state index is -0.508. The first-order valence-electron chi connectivity index (χ1n) is 7.98. The molecule has 26 heavy (non-hydrogen) atoms. The van der Waals surface area contributed by atoms with Crippen LogP contribution in [0.25, 0.3) is 0 Å². The molecule has 2 aromatic heterocycles. The fourth-order valence-electron chi connectivity index (χ4n) is 2.54. The van der Waals surface area contributed by atoms with Crippen molar-refractivity contribution in [2.45, 2.75) is 20.5 Å². The topological polar surface area (TPSA) is 72.6 Å². The van der Waals surface area contributed by atoms with Gasteiger partial charge in [-0.3, -0.25) is 4.79 Å². The van der Waals surface area contributed by atoms with Crippen molar-refractivity contribution in [3.63, 3.8) is 0 Å². The van der Waals surface area contributed by atoms with Gasteiger partial charge in [-0.2, -0.15) is 0 Å². The zero-order valence-electron chi connectivity index (χ0n) is 14.7. The molecule has 0 bridgehead atoms. The van der Waals surface area contributed by atoms with Crippen LogP contribution in [-0.2, 0) is 11.3 Å². The molecule has 0 spiro atoms. The molecule has 134 valence electrons. The molecule has 0 aliphatic carbocycles. The van der Waals surface area contributed by atoms with Gasteiger partial charge in [0.05, 0.1) is 27.4 Å². The molecule has 0 radical (unpaired) electrons. The van der Waals surface area contributed by atoms with E-state index in [0.717, 1.165) is 5.56 Å². The van der Waals surface area contributed by atoms with Crippen LogP contribution in [0.3, 0.4) is 0 Å². The average Bonchev–Trinajstić information content (AvgIpc) is 3.29. The molecule has 0 fully saturated rings. The number of esters is 1. The molecule has 0 N–H and O–H groups in total. The number of para-hydroxylation sites is 1. The molecule has 6 nitrogen and oxygen atoms in total. The van der Waals surface area contributed by atoms with Crippen LogP contribution in [-0.4, -0.2) is 24.1 Å². The van der Waals surface area contributed by atoms with Crippen molar-refractivity contribution in [1.82, 2.24) is 5.16 Å². The number of carbonyl (C=O) groups is 2. The molecule has 3 aromatic rings. The summed E-state index contributed by atoms with van der Waals surface area (Å²) in [6, 6.07) is 10.4. The third kappa shape index (κ3) is 3.52. The molecule has 0 aliphatic heterocycles. The standard InChI is InChI=1S/C19H18N2O4S/c1-12-15(13(2)25-20-12)11-24-19(23)14-7-4-5-8-16(14)21(3)18(22)17-9-6-10-26-17/h4-10H,11H2,1-3H3. The van der Waals surface area contributed by atoms with Gasteiger partial charge >= 0.3 is 5.97 Å². The van der Waals surface area contributed by atoms with E-state index in [2.05, 4.69) is 5.16 Å². The first kappa shape index (κ1) is 17.9. The summed E-state index contributed by atoms with van der Waals surface area (Å²) >= 11 is 1.36. The van der Waals surface area contributed by atoms with Crippen molar-refractivity contribution >= 4 is 28.9 Å². The molecule has 1 aromatic carbocycles. The van der Waals surface area contributed by atoms with Gasteiger partial charge in [0.1, 0.15) is 12.4 Å². The van der Waals surface area contributed by atoms with Crippen LogP contribution in [0.15, 0.2) is 46.3 Å². The van der Waals surface area contributed by atoms with Crippen LogP contribution in [0.1, 0.15) is 37.0 Å². The minimum Gasteiger partial charge on any atom is -0.457 e. The second kappa shape index (κ2) is 7.53. The van der Waals surface area contributed by atoms with Gasteiger partial charge in [0.25, 0.3) is 5.91 Å². The van der Waals surface area contributed by atoms with Gasteiger partial charge in [0.2, 0.25) is 0 Å². The first-order chi connectivity index (χ1) is 12.5. The van der Waals surface area contributed by atoms with Gasteiger partial charge in [-0.1, -0.05) is 23.4 Å². The van der Waals surface area contributed by atoms with Gasteiger partial charge in [-0.15, -0.1) is 11.3 Å². The van der Waals surface area contributed by atoms with Crippen LogP contribution >= 0.6 is 11.3 Å². The summed E-state index contributed by atoms with van der Waals surface area (Å²) in [4.78, 5) is 27.2. The van der Waals surface area contributed by atoms with E-state index in [9.17, 15) is 9.59 Å².